The summed E-state index contributed by atoms with van der Waals surface area (Å²) in [4.78, 5) is 40.9. The lowest BCUT2D eigenvalue weighted by molar-refractivity contribution is -0.148. The van der Waals surface area contributed by atoms with Crippen LogP contribution in [0.25, 0.3) is 0 Å². The fraction of sp³-hybridized carbons (Fsp3) is 0.893. The molecule has 4 fully saturated rings. The van der Waals surface area contributed by atoms with Gasteiger partial charge in [-0.3, -0.25) is 14.5 Å². The first kappa shape index (κ1) is 25.5. The van der Waals surface area contributed by atoms with Crippen LogP contribution in [0, 0.1) is 34.5 Å². The predicted molar refractivity (Wildman–Crippen MR) is 134 cm³/mol. The van der Waals surface area contributed by atoms with Gasteiger partial charge in [0.2, 0.25) is 11.8 Å². The van der Waals surface area contributed by atoms with Crippen LogP contribution in [0.15, 0.2) is 0 Å². The molecule has 0 bridgehead atoms. The number of nitrogens with one attached hydrogen (secondary N) is 2. The fourth-order valence-corrected chi connectivity index (χ4v) is 8.38. The van der Waals surface area contributed by atoms with Crippen LogP contribution in [0.4, 0.5) is 4.79 Å². The van der Waals surface area contributed by atoms with Gasteiger partial charge in [-0.15, -0.1) is 0 Å². The average Bonchev–Trinajstić information content (AvgIpc) is 3.03. The van der Waals surface area contributed by atoms with E-state index in [1.807, 2.05) is 41.5 Å². The number of fused-ring (bicyclic) bond motifs is 5. The number of hydrogen-bond donors (Lipinski definition) is 2. The highest BCUT2D eigenvalue weighted by Crippen LogP contribution is 2.65. The quantitative estimate of drug-likeness (QED) is 0.545. The molecule has 3 aliphatic carbocycles. The van der Waals surface area contributed by atoms with Gasteiger partial charge in [0.1, 0.15) is 0 Å². The third kappa shape index (κ3) is 4.17. The lowest BCUT2D eigenvalue weighted by Crippen LogP contribution is -2.62. The Kier molecular flexibility index (Phi) is 6.17. The topological polar surface area (TPSA) is 78.5 Å². The van der Waals surface area contributed by atoms with Gasteiger partial charge in [0.25, 0.3) is 0 Å². The van der Waals surface area contributed by atoms with Crippen LogP contribution in [0.2, 0.25) is 0 Å². The maximum absolute atomic E-state index is 14.1. The summed E-state index contributed by atoms with van der Waals surface area (Å²) in [6.07, 6.45) is 7.91. The molecule has 6 nitrogen and oxygen atoms in total. The molecule has 6 heteroatoms. The molecule has 4 amide bonds. The third-order valence-electron chi connectivity index (χ3n) is 9.97. The molecule has 4 aliphatic rings. The molecular formula is C28H47N3O3. The number of urea groups is 1. The molecule has 0 spiro atoms. The van der Waals surface area contributed by atoms with Crippen LogP contribution >= 0.6 is 0 Å². The second kappa shape index (κ2) is 8.23. The zero-order valence-corrected chi connectivity index (χ0v) is 22.7. The molecule has 0 aromatic heterocycles. The second-order valence-corrected chi connectivity index (χ2v) is 14.3. The van der Waals surface area contributed by atoms with E-state index in [2.05, 4.69) is 24.5 Å². The lowest BCUT2D eigenvalue weighted by atomic mass is 9.47. The maximum Gasteiger partial charge on any atom is 0.324 e. The summed E-state index contributed by atoms with van der Waals surface area (Å²) in [6.45, 7) is 16.5. The first-order chi connectivity index (χ1) is 15.6. The minimum absolute atomic E-state index is 0.00234. The van der Waals surface area contributed by atoms with Gasteiger partial charge in [-0.25, -0.2) is 4.79 Å². The van der Waals surface area contributed by atoms with Gasteiger partial charge in [-0.1, -0.05) is 13.8 Å². The van der Waals surface area contributed by atoms with E-state index < -0.39 is 11.1 Å². The summed E-state index contributed by atoms with van der Waals surface area (Å²) in [7, 11) is 0. The Bertz CT molecular complexity index is 856. The molecule has 4 rings (SSSR count). The number of imide groups is 1. The van der Waals surface area contributed by atoms with Crippen molar-refractivity contribution in [1.29, 1.82) is 0 Å². The van der Waals surface area contributed by atoms with E-state index in [-0.39, 0.29) is 34.6 Å². The zero-order valence-electron chi connectivity index (χ0n) is 22.7. The Hall–Kier alpha value is -1.59. The SMILES string of the molecule is CC(C)(C)NC(=O)N(C(=O)[C@H]1CC[C@H]2[C@@H]3CC[C@H]4NC(=O)CC[C@]4(C)[C@H]3CC[C@]12C)C(C)(C)C. The summed E-state index contributed by atoms with van der Waals surface area (Å²) in [6, 6.07) is 0.0207. The minimum atomic E-state index is -0.579. The van der Waals surface area contributed by atoms with E-state index in [1.165, 1.54) is 4.90 Å². The van der Waals surface area contributed by atoms with Crippen LogP contribution in [0.3, 0.4) is 0 Å². The molecule has 0 unspecified atom stereocenters. The molecule has 2 N–H and O–H groups in total. The van der Waals surface area contributed by atoms with Crippen molar-refractivity contribution in [2.75, 3.05) is 0 Å². The lowest BCUT2D eigenvalue weighted by Gasteiger charge is -2.60. The molecule has 0 radical (unpaired) electrons. The van der Waals surface area contributed by atoms with E-state index in [0.29, 0.717) is 30.2 Å². The smallest absolute Gasteiger partial charge is 0.324 e. The maximum atomic E-state index is 14.1. The number of carbonyl (C=O) groups is 3. The van der Waals surface area contributed by atoms with Crippen molar-refractivity contribution in [3.8, 4) is 0 Å². The number of nitrogens with zero attached hydrogens (tertiary/aromatic N) is 1. The van der Waals surface area contributed by atoms with Crippen molar-refractivity contribution in [1.82, 2.24) is 15.5 Å². The highest BCUT2D eigenvalue weighted by Gasteiger charge is 2.62. The standard InChI is InChI=1S/C28H47N3O3/c1-25(2,3)30-24(34)31(26(4,5)6)23(33)20-11-10-18-17-9-12-21-28(8,16-14-22(32)29-21)19(17)13-15-27(18,20)7/h17-21H,9-16H2,1-8H3,(H,29,32)(H,30,34)/t17-,18-,19-,20+,21+,27-,28+/m0/s1. The van der Waals surface area contributed by atoms with E-state index in [9.17, 15) is 14.4 Å². The molecule has 0 aromatic carbocycles. The van der Waals surface area contributed by atoms with Crippen molar-refractivity contribution in [2.24, 2.45) is 34.5 Å². The van der Waals surface area contributed by atoms with Gasteiger partial charge in [0.15, 0.2) is 0 Å². The van der Waals surface area contributed by atoms with Gasteiger partial charge >= 0.3 is 6.03 Å². The molecule has 3 saturated carbocycles. The van der Waals surface area contributed by atoms with Gasteiger partial charge in [-0.05, 0) is 115 Å². The largest absolute Gasteiger partial charge is 0.353 e. The highest BCUT2D eigenvalue weighted by molar-refractivity contribution is 5.97. The Morgan fingerprint density at radius 2 is 1.56 bits per heavy atom. The monoisotopic (exact) mass is 473 g/mol. The number of hydrogen-bond acceptors (Lipinski definition) is 3. The number of rotatable bonds is 1. The molecule has 1 aliphatic heterocycles. The third-order valence-corrected chi connectivity index (χ3v) is 9.97. The van der Waals surface area contributed by atoms with Crippen LogP contribution in [-0.4, -0.2) is 39.9 Å². The normalized spacial score (nSPS) is 39.9. The Labute approximate surface area is 206 Å². The van der Waals surface area contributed by atoms with E-state index in [1.54, 1.807) is 0 Å². The first-order valence-electron chi connectivity index (χ1n) is 13.5. The molecule has 1 heterocycles. The number of piperidine rings is 1. The summed E-state index contributed by atoms with van der Waals surface area (Å²) >= 11 is 0. The zero-order chi connectivity index (χ0) is 25.3. The fourth-order valence-electron chi connectivity index (χ4n) is 8.38. The Balaban J connectivity index is 1.58. The average molecular weight is 474 g/mol. The second-order valence-electron chi connectivity index (χ2n) is 14.3. The summed E-state index contributed by atoms with van der Waals surface area (Å²) in [5.74, 6) is 1.84. The molecule has 0 aromatic rings. The van der Waals surface area contributed by atoms with Gasteiger partial charge in [0.05, 0.1) is 0 Å². The Morgan fingerprint density at radius 3 is 2.18 bits per heavy atom. The van der Waals surface area contributed by atoms with Crippen LogP contribution in [0.5, 0.6) is 0 Å². The van der Waals surface area contributed by atoms with Gasteiger partial charge in [-0.2, -0.15) is 0 Å². The van der Waals surface area contributed by atoms with E-state index in [4.69, 9.17) is 0 Å². The van der Waals surface area contributed by atoms with E-state index >= 15 is 0 Å². The highest BCUT2D eigenvalue weighted by atomic mass is 16.2. The number of amides is 4. The predicted octanol–water partition coefficient (Wildman–Crippen LogP) is 5.26. The molecule has 1 saturated heterocycles. The van der Waals surface area contributed by atoms with Crippen LogP contribution in [-0.2, 0) is 9.59 Å². The first-order valence-corrected chi connectivity index (χ1v) is 13.5. The summed E-state index contributed by atoms with van der Waals surface area (Å²) < 4.78 is 0. The summed E-state index contributed by atoms with van der Waals surface area (Å²) in [5.41, 5.74) is -0.871. The van der Waals surface area contributed by atoms with Crippen molar-refractivity contribution >= 4 is 17.8 Å². The van der Waals surface area contributed by atoms with E-state index in [0.717, 1.165) is 44.9 Å². The molecule has 34 heavy (non-hydrogen) atoms. The summed E-state index contributed by atoms with van der Waals surface area (Å²) in [5, 5.41) is 6.34. The molecule has 192 valence electrons. The minimum Gasteiger partial charge on any atom is -0.353 e. The van der Waals surface area contributed by atoms with Crippen molar-refractivity contribution in [3.05, 3.63) is 0 Å². The molecule has 7 atom stereocenters. The van der Waals surface area contributed by atoms with Crippen LogP contribution < -0.4 is 10.6 Å². The number of carbonyl (C=O) groups excluding carboxylic acids is 3. The van der Waals surface area contributed by atoms with Gasteiger partial charge < -0.3 is 10.6 Å². The Morgan fingerprint density at radius 1 is 0.912 bits per heavy atom. The van der Waals surface area contributed by atoms with Crippen LogP contribution in [0.1, 0.15) is 107 Å². The molecular weight excluding hydrogens is 426 g/mol. The van der Waals surface area contributed by atoms with Crippen molar-refractivity contribution < 1.29 is 14.4 Å². The van der Waals surface area contributed by atoms with Gasteiger partial charge in [0, 0.05) is 29.5 Å². The van der Waals surface area contributed by atoms with Crippen molar-refractivity contribution in [3.63, 3.8) is 0 Å². The van der Waals surface area contributed by atoms with Crippen molar-refractivity contribution in [2.45, 2.75) is 124 Å².